The van der Waals surface area contributed by atoms with E-state index in [1.165, 1.54) is 0 Å². The van der Waals surface area contributed by atoms with Crippen LogP contribution in [-0.4, -0.2) is 31.1 Å². The van der Waals surface area contributed by atoms with Crippen molar-refractivity contribution >= 4 is 23.6 Å². The molecule has 1 amide bonds. The summed E-state index contributed by atoms with van der Waals surface area (Å²) in [6.07, 6.45) is 5.52. The predicted molar refractivity (Wildman–Crippen MR) is 104 cm³/mol. The highest BCUT2D eigenvalue weighted by Crippen LogP contribution is 2.32. The lowest BCUT2D eigenvalue weighted by Gasteiger charge is -2.22. The molecule has 2 aromatic carbocycles. The number of benzene rings is 2. The van der Waals surface area contributed by atoms with Crippen LogP contribution in [0.1, 0.15) is 24.0 Å². The van der Waals surface area contributed by atoms with E-state index in [4.69, 9.17) is 21.1 Å². The fourth-order valence-electron chi connectivity index (χ4n) is 2.78. The first kappa shape index (κ1) is 18.3. The molecule has 0 N–H and O–H groups in total. The average molecular weight is 372 g/mol. The van der Waals surface area contributed by atoms with E-state index < -0.39 is 0 Å². The van der Waals surface area contributed by atoms with Gasteiger partial charge in [0.05, 0.1) is 14.2 Å². The zero-order chi connectivity index (χ0) is 18.5. The van der Waals surface area contributed by atoms with Gasteiger partial charge in [-0.1, -0.05) is 23.7 Å². The zero-order valence-electron chi connectivity index (χ0n) is 14.9. The summed E-state index contributed by atoms with van der Waals surface area (Å²) in [6.45, 7) is 0.516. The van der Waals surface area contributed by atoms with Crippen molar-refractivity contribution in [3.05, 3.63) is 64.7 Å². The van der Waals surface area contributed by atoms with Gasteiger partial charge in [0, 0.05) is 35.3 Å². The van der Waals surface area contributed by atoms with Crippen LogP contribution in [-0.2, 0) is 11.3 Å². The van der Waals surface area contributed by atoms with E-state index >= 15 is 0 Å². The molecular weight excluding hydrogens is 350 g/mol. The molecule has 0 unspecified atom stereocenters. The van der Waals surface area contributed by atoms with Crippen LogP contribution in [0.25, 0.3) is 6.08 Å². The van der Waals surface area contributed by atoms with E-state index in [1.807, 2.05) is 53.4 Å². The minimum absolute atomic E-state index is 0.000297. The van der Waals surface area contributed by atoms with Crippen LogP contribution in [0.2, 0.25) is 5.02 Å². The molecule has 1 aliphatic rings. The molecule has 0 radical (unpaired) electrons. The van der Waals surface area contributed by atoms with Crippen molar-refractivity contribution in [3.63, 3.8) is 0 Å². The highest BCUT2D eigenvalue weighted by molar-refractivity contribution is 6.30. The number of methoxy groups -OCH3 is 2. The van der Waals surface area contributed by atoms with Gasteiger partial charge in [-0.3, -0.25) is 4.79 Å². The summed E-state index contributed by atoms with van der Waals surface area (Å²) in [5.74, 6) is 1.46. The average Bonchev–Trinajstić information content (AvgIpc) is 3.50. The van der Waals surface area contributed by atoms with Gasteiger partial charge in [0.15, 0.2) is 0 Å². The maximum atomic E-state index is 12.7. The smallest absolute Gasteiger partial charge is 0.247 e. The highest BCUT2D eigenvalue weighted by Gasteiger charge is 2.32. The van der Waals surface area contributed by atoms with Crippen molar-refractivity contribution in [2.45, 2.75) is 25.4 Å². The number of hydrogen-bond acceptors (Lipinski definition) is 3. The summed E-state index contributed by atoms with van der Waals surface area (Å²) in [6, 6.07) is 13.4. The number of amides is 1. The normalized spacial score (nSPS) is 13.7. The molecule has 0 spiro atoms. The second-order valence-corrected chi connectivity index (χ2v) is 6.70. The van der Waals surface area contributed by atoms with Crippen molar-refractivity contribution in [3.8, 4) is 11.5 Å². The molecule has 0 heterocycles. The Bertz CT molecular complexity index is 797. The number of halogens is 1. The Labute approximate surface area is 159 Å². The van der Waals surface area contributed by atoms with Crippen LogP contribution in [0.5, 0.6) is 11.5 Å². The van der Waals surface area contributed by atoms with Gasteiger partial charge < -0.3 is 14.4 Å². The summed E-state index contributed by atoms with van der Waals surface area (Å²) < 4.78 is 10.7. The molecule has 1 saturated carbocycles. The third-order valence-electron chi connectivity index (χ3n) is 4.39. The monoisotopic (exact) mass is 371 g/mol. The Morgan fingerprint density at radius 3 is 2.50 bits per heavy atom. The van der Waals surface area contributed by atoms with Crippen LogP contribution < -0.4 is 9.47 Å². The minimum Gasteiger partial charge on any atom is -0.497 e. The van der Waals surface area contributed by atoms with E-state index in [2.05, 4.69) is 0 Å². The fourth-order valence-corrected chi connectivity index (χ4v) is 2.90. The number of rotatable bonds is 7. The SMILES string of the molecule is COc1ccc(CN(C(=O)C=Cc2ccc(Cl)cc2)C2CC2)c(OC)c1. The molecule has 0 atom stereocenters. The van der Waals surface area contributed by atoms with Gasteiger partial charge in [0.2, 0.25) is 5.91 Å². The van der Waals surface area contributed by atoms with Gasteiger partial charge in [-0.15, -0.1) is 0 Å². The Balaban J connectivity index is 1.75. The van der Waals surface area contributed by atoms with Gasteiger partial charge in [-0.25, -0.2) is 0 Å². The van der Waals surface area contributed by atoms with Gasteiger partial charge in [-0.05, 0) is 48.7 Å². The van der Waals surface area contributed by atoms with E-state index in [0.717, 1.165) is 35.5 Å². The molecule has 1 fully saturated rings. The number of carbonyl (C=O) groups excluding carboxylic acids is 1. The van der Waals surface area contributed by atoms with Gasteiger partial charge in [-0.2, -0.15) is 0 Å². The molecule has 1 aliphatic carbocycles. The number of ether oxygens (including phenoxy) is 2. The number of nitrogens with zero attached hydrogens (tertiary/aromatic N) is 1. The van der Waals surface area contributed by atoms with E-state index in [1.54, 1.807) is 20.3 Å². The second-order valence-electron chi connectivity index (χ2n) is 6.26. The summed E-state index contributed by atoms with van der Waals surface area (Å²) in [4.78, 5) is 14.6. The predicted octanol–water partition coefficient (Wildman–Crippen LogP) is 4.56. The van der Waals surface area contributed by atoms with Crippen molar-refractivity contribution < 1.29 is 14.3 Å². The lowest BCUT2D eigenvalue weighted by molar-refractivity contribution is -0.127. The lowest BCUT2D eigenvalue weighted by Crippen LogP contribution is -2.31. The minimum atomic E-state index is 0.000297. The third kappa shape index (κ3) is 4.58. The van der Waals surface area contributed by atoms with Gasteiger partial charge >= 0.3 is 0 Å². The zero-order valence-corrected chi connectivity index (χ0v) is 15.7. The number of carbonyl (C=O) groups is 1. The van der Waals surface area contributed by atoms with Gasteiger partial charge in [0.25, 0.3) is 0 Å². The molecule has 136 valence electrons. The summed E-state index contributed by atoms with van der Waals surface area (Å²) in [5, 5.41) is 0.680. The molecule has 0 bridgehead atoms. The Kier molecular flexibility index (Phi) is 5.84. The standard InChI is InChI=1S/C21H22ClNO3/c1-25-19-11-6-16(20(13-19)26-2)14-23(18-9-10-18)21(24)12-5-15-3-7-17(22)8-4-15/h3-8,11-13,18H,9-10,14H2,1-2H3. The van der Waals surface area contributed by atoms with Crippen LogP contribution in [0.15, 0.2) is 48.5 Å². The molecule has 0 saturated heterocycles. The van der Waals surface area contributed by atoms with E-state index in [-0.39, 0.29) is 5.91 Å². The van der Waals surface area contributed by atoms with Crippen molar-refractivity contribution in [2.75, 3.05) is 14.2 Å². The first-order valence-electron chi connectivity index (χ1n) is 8.56. The molecule has 0 aliphatic heterocycles. The maximum Gasteiger partial charge on any atom is 0.247 e. The van der Waals surface area contributed by atoms with E-state index in [9.17, 15) is 4.79 Å². The van der Waals surface area contributed by atoms with Gasteiger partial charge in [0.1, 0.15) is 11.5 Å². The highest BCUT2D eigenvalue weighted by atomic mass is 35.5. The van der Waals surface area contributed by atoms with Crippen LogP contribution in [0.3, 0.4) is 0 Å². The molecule has 4 nitrogen and oxygen atoms in total. The maximum absolute atomic E-state index is 12.7. The van der Waals surface area contributed by atoms with Crippen molar-refractivity contribution in [2.24, 2.45) is 0 Å². The topological polar surface area (TPSA) is 38.8 Å². The summed E-state index contributed by atoms with van der Waals surface area (Å²) >= 11 is 5.90. The number of hydrogen-bond donors (Lipinski definition) is 0. The van der Waals surface area contributed by atoms with Crippen LogP contribution in [0.4, 0.5) is 0 Å². The Morgan fingerprint density at radius 2 is 1.88 bits per heavy atom. The van der Waals surface area contributed by atoms with Crippen LogP contribution >= 0.6 is 11.6 Å². The summed E-state index contributed by atoms with van der Waals surface area (Å²) in [7, 11) is 3.25. The van der Waals surface area contributed by atoms with Crippen molar-refractivity contribution in [1.29, 1.82) is 0 Å². The molecule has 3 rings (SSSR count). The third-order valence-corrected chi connectivity index (χ3v) is 4.65. The fraction of sp³-hybridized carbons (Fsp3) is 0.286. The molecule has 5 heteroatoms. The Hall–Kier alpha value is -2.46. The Morgan fingerprint density at radius 1 is 1.15 bits per heavy atom. The second kappa shape index (κ2) is 8.28. The first-order valence-corrected chi connectivity index (χ1v) is 8.93. The summed E-state index contributed by atoms with van der Waals surface area (Å²) in [5.41, 5.74) is 1.91. The molecular formula is C21H22ClNO3. The molecule has 0 aromatic heterocycles. The van der Waals surface area contributed by atoms with Crippen LogP contribution in [0, 0.1) is 0 Å². The van der Waals surface area contributed by atoms with Crippen molar-refractivity contribution in [1.82, 2.24) is 4.90 Å². The van der Waals surface area contributed by atoms with E-state index in [0.29, 0.717) is 17.6 Å². The largest absolute Gasteiger partial charge is 0.497 e. The molecule has 26 heavy (non-hydrogen) atoms. The first-order chi connectivity index (χ1) is 12.6. The molecule has 2 aromatic rings. The quantitative estimate of drug-likeness (QED) is 0.669. The lowest BCUT2D eigenvalue weighted by atomic mass is 10.1.